The second kappa shape index (κ2) is 5.10. The van der Waals surface area contributed by atoms with Gasteiger partial charge in [0, 0.05) is 27.7 Å². The number of hydrogen-bond acceptors (Lipinski definition) is 2. The summed E-state index contributed by atoms with van der Waals surface area (Å²) in [5.74, 6) is 0.978. The molecule has 3 heteroatoms. The van der Waals surface area contributed by atoms with Gasteiger partial charge in [-0.3, -0.25) is 0 Å². The topological polar surface area (TPSA) is 25.2 Å². The number of nitrogens with one attached hydrogen (secondary N) is 1. The zero-order valence-electron chi connectivity index (χ0n) is 10.6. The Hall–Kier alpha value is -1.74. The first-order chi connectivity index (χ1) is 9.24. The number of benzene rings is 2. The monoisotopic (exact) mass is 315 g/mol. The molecule has 0 amide bonds. The molecular weight excluding hydrogens is 302 g/mol. The van der Waals surface area contributed by atoms with E-state index < -0.39 is 0 Å². The maximum Gasteiger partial charge on any atom is 0.134 e. The summed E-state index contributed by atoms with van der Waals surface area (Å²) >= 11 is 3.44. The highest BCUT2D eigenvalue weighted by Gasteiger charge is 2.09. The van der Waals surface area contributed by atoms with Crippen molar-refractivity contribution in [1.29, 1.82) is 0 Å². The standard InChI is InChI=1S/C16H14BrNO/c1-11-15(14-4-2-3-5-16(14)19-11)10-18-13-8-6-12(17)7-9-13/h2-9,18H,10H2,1H3. The van der Waals surface area contributed by atoms with E-state index in [0.717, 1.165) is 28.0 Å². The van der Waals surface area contributed by atoms with Crippen LogP contribution in [0.3, 0.4) is 0 Å². The van der Waals surface area contributed by atoms with Crippen molar-refractivity contribution in [1.82, 2.24) is 0 Å². The van der Waals surface area contributed by atoms with Crippen LogP contribution in [0.15, 0.2) is 57.4 Å². The molecule has 0 atom stereocenters. The van der Waals surface area contributed by atoms with Gasteiger partial charge in [-0.2, -0.15) is 0 Å². The molecule has 0 radical (unpaired) electrons. The summed E-state index contributed by atoms with van der Waals surface area (Å²) < 4.78 is 6.85. The molecule has 1 N–H and O–H groups in total. The van der Waals surface area contributed by atoms with Gasteiger partial charge in [0.05, 0.1) is 0 Å². The molecule has 96 valence electrons. The highest BCUT2D eigenvalue weighted by atomic mass is 79.9. The second-order valence-electron chi connectivity index (χ2n) is 4.49. The van der Waals surface area contributed by atoms with Gasteiger partial charge in [0.2, 0.25) is 0 Å². The van der Waals surface area contributed by atoms with Gasteiger partial charge < -0.3 is 9.73 Å². The van der Waals surface area contributed by atoms with E-state index in [0.29, 0.717) is 0 Å². The van der Waals surface area contributed by atoms with E-state index >= 15 is 0 Å². The molecule has 3 aromatic rings. The van der Waals surface area contributed by atoms with Crippen molar-refractivity contribution in [3.05, 3.63) is 64.3 Å². The maximum absolute atomic E-state index is 5.76. The van der Waals surface area contributed by atoms with E-state index in [1.54, 1.807) is 0 Å². The Kier molecular flexibility index (Phi) is 3.30. The Labute approximate surface area is 120 Å². The summed E-state index contributed by atoms with van der Waals surface area (Å²) in [5, 5.41) is 4.61. The molecule has 2 nitrogen and oxygen atoms in total. The molecular formula is C16H14BrNO. The molecule has 0 aliphatic heterocycles. The SMILES string of the molecule is Cc1oc2ccccc2c1CNc1ccc(Br)cc1. The third kappa shape index (κ3) is 2.51. The molecule has 3 rings (SSSR count). The van der Waals surface area contributed by atoms with Crippen molar-refractivity contribution < 1.29 is 4.42 Å². The van der Waals surface area contributed by atoms with E-state index in [9.17, 15) is 0 Å². The fourth-order valence-corrected chi connectivity index (χ4v) is 2.46. The van der Waals surface area contributed by atoms with Crippen molar-refractivity contribution in [3.8, 4) is 0 Å². The largest absolute Gasteiger partial charge is 0.461 e. The van der Waals surface area contributed by atoms with Crippen LogP contribution in [0.1, 0.15) is 11.3 Å². The summed E-state index contributed by atoms with van der Waals surface area (Å²) in [6, 6.07) is 16.3. The molecule has 0 bridgehead atoms. The first kappa shape index (κ1) is 12.3. The Balaban J connectivity index is 1.85. The number of para-hydroxylation sites is 1. The van der Waals surface area contributed by atoms with Crippen LogP contribution < -0.4 is 5.32 Å². The smallest absolute Gasteiger partial charge is 0.134 e. The van der Waals surface area contributed by atoms with Crippen molar-refractivity contribution in [2.24, 2.45) is 0 Å². The molecule has 0 spiro atoms. The van der Waals surface area contributed by atoms with Crippen molar-refractivity contribution >= 4 is 32.6 Å². The van der Waals surface area contributed by atoms with Crippen molar-refractivity contribution in [2.45, 2.75) is 13.5 Å². The van der Waals surface area contributed by atoms with Crippen molar-refractivity contribution in [3.63, 3.8) is 0 Å². The van der Waals surface area contributed by atoms with E-state index in [2.05, 4.69) is 39.4 Å². The molecule has 0 saturated heterocycles. The van der Waals surface area contributed by atoms with Gasteiger partial charge >= 0.3 is 0 Å². The van der Waals surface area contributed by atoms with Crippen LogP contribution in [-0.4, -0.2) is 0 Å². The fraction of sp³-hybridized carbons (Fsp3) is 0.125. The van der Waals surface area contributed by atoms with Gasteiger partial charge in [-0.05, 0) is 37.3 Å². The van der Waals surface area contributed by atoms with E-state index in [4.69, 9.17) is 4.42 Å². The minimum Gasteiger partial charge on any atom is -0.461 e. The number of rotatable bonds is 3. The molecule has 0 saturated carbocycles. The quantitative estimate of drug-likeness (QED) is 0.726. The number of hydrogen-bond donors (Lipinski definition) is 1. The molecule has 0 aliphatic rings. The van der Waals surface area contributed by atoms with Crippen LogP contribution in [0.2, 0.25) is 0 Å². The first-order valence-corrected chi connectivity index (χ1v) is 7.00. The first-order valence-electron chi connectivity index (χ1n) is 6.20. The van der Waals surface area contributed by atoms with Crippen LogP contribution in [0.25, 0.3) is 11.0 Å². The van der Waals surface area contributed by atoms with Crippen LogP contribution >= 0.6 is 15.9 Å². The Morgan fingerprint density at radius 1 is 1.05 bits per heavy atom. The maximum atomic E-state index is 5.76. The van der Waals surface area contributed by atoms with Crippen LogP contribution in [0.5, 0.6) is 0 Å². The molecule has 0 aliphatic carbocycles. The average molecular weight is 316 g/mol. The van der Waals surface area contributed by atoms with Crippen molar-refractivity contribution in [2.75, 3.05) is 5.32 Å². The van der Waals surface area contributed by atoms with Gasteiger partial charge in [-0.1, -0.05) is 34.1 Å². The number of fused-ring (bicyclic) bond motifs is 1. The molecule has 1 aromatic heterocycles. The summed E-state index contributed by atoms with van der Waals surface area (Å²) in [6.07, 6.45) is 0. The molecule has 0 fully saturated rings. The van der Waals surface area contributed by atoms with Gasteiger partial charge in [0.15, 0.2) is 0 Å². The molecule has 19 heavy (non-hydrogen) atoms. The Morgan fingerprint density at radius 3 is 2.58 bits per heavy atom. The van der Waals surface area contributed by atoms with Gasteiger partial charge in [-0.25, -0.2) is 0 Å². The predicted molar refractivity (Wildman–Crippen MR) is 82.4 cm³/mol. The highest BCUT2D eigenvalue weighted by Crippen LogP contribution is 2.26. The normalized spacial score (nSPS) is 10.8. The molecule has 1 heterocycles. The lowest BCUT2D eigenvalue weighted by Crippen LogP contribution is -1.99. The zero-order valence-corrected chi connectivity index (χ0v) is 12.2. The van der Waals surface area contributed by atoms with E-state index in [1.807, 2.05) is 37.3 Å². The average Bonchev–Trinajstić information content (AvgIpc) is 2.74. The van der Waals surface area contributed by atoms with E-state index in [1.165, 1.54) is 10.9 Å². The Morgan fingerprint density at radius 2 is 1.79 bits per heavy atom. The second-order valence-corrected chi connectivity index (χ2v) is 5.41. The minimum atomic E-state index is 0.768. The van der Waals surface area contributed by atoms with E-state index in [-0.39, 0.29) is 0 Å². The van der Waals surface area contributed by atoms with Gasteiger partial charge in [-0.15, -0.1) is 0 Å². The zero-order chi connectivity index (χ0) is 13.2. The molecule has 2 aromatic carbocycles. The van der Waals surface area contributed by atoms with Gasteiger partial charge in [0.1, 0.15) is 11.3 Å². The lowest BCUT2D eigenvalue weighted by Gasteiger charge is -2.06. The number of anilines is 1. The lowest BCUT2D eigenvalue weighted by atomic mass is 10.1. The number of furan rings is 1. The van der Waals surface area contributed by atoms with Gasteiger partial charge in [0.25, 0.3) is 0 Å². The number of aryl methyl sites for hydroxylation is 1. The summed E-state index contributed by atoms with van der Waals surface area (Å²) in [4.78, 5) is 0. The summed E-state index contributed by atoms with van der Waals surface area (Å²) in [6.45, 7) is 2.78. The third-order valence-electron chi connectivity index (χ3n) is 3.21. The predicted octanol–water partition coefficient (Wildman–Crippen LogP) is 5.12. The minimum absolute atomic E-state index is 0.768. The lowest BCUT2D eigenvalue weighted by molar-refractivity contribution is 0.573. The third-order valence-corrected chi connectivity index (χ3v) is 3.74. The summed E-state index contributed by atoms with van der Waals surface area (Å²) in [5.41, 5.74) is 3.28. The number of halogens is 1. The van der Waals surface area contributed by atoms with Crippen LogP contribution in [0, 0.1) is 6.92 Å². The molecule has 0 unspecified atom stereocenters. The highest BCUT2D eigenvalue weighted by molar-refractivity contribution is 9.10. The fourth-order valence-electron chi connectivity index (χ4n) is 2.20. The Bertz CT molecular complexity index is 700. The van der Waals surface area contributed by atoms with Crippen LogP contribution in [0.4, 0.5) is 5.69 Å². The summed E-state index contributed by atoms with van der Waals surface area (Å²) in [7, 11) is 0. The van der Waals surface area contributed by atoms with Crippen LogP contribution in [-0.2, 0) is 6.54 Å².